The molecule has 6 nitrogen and oxygen atoms in total. The normalized spacial score (nSPS) is 12.4. The van der Waals surface area contributed by atoms with E-state index < -0.39 is 0 Å². The minimum Gasteiger partial charge on any atom is -0.308 e. The van der Waals surface area contributed by atoms with Crippen molar-refractivity contribution in [2.24, 2.45) is 0 Å². The van der Waals surface area contributed by atoms with Crippen molar-refractivity contribution in [1.82, 2.24) is 9.55 Å². The molecule has 1 aliphatic heterocycles. The molecule has 2 aromatic heterocycles. The predicted molar refractivity (Wildman–Crippen MR) is 199 cm³/mol. The first kappa shape index (κ1) is 29.1. The van der Waals surface area contributed by atoms with Crippen LogP contribution in [0.3, 0.4) is 0 Å². The summed E-state index contributed by atoms with van der Waals surface area (Å²) in [6.07, 6.45) is 3.29. The van der Waals surface area contributed by atoms with Gasteiger partial charge in [-0.2, -0.15) is 0 Å². The molecule has 50 heavy (non-hydrogen) atoms. The predicted octanol–water partition coefficient (Wildman–Crippen LogP) is 10.5. The van der Waals surface area contributed by atoms with Crippen LogP contribution in [0.15, 0.2) is 158 Å². The lowest BCUT2D eigenvalue weighted by atomic mass is 9.97. The van der Waals surface area contributed by atoms with E-state index in [0.29, 0.717) is 28.2 Å². The summed E-state index contributed by atoms with van der Waals surface area (Å²) in [5.74, 6) is -0.735. The van der Waals surface area contributed by atoms with Crippen LogP contribution in [0, 0.1) is 6.57 Å². The highest BCUT2D eigenvalue weighted by Crippen LogP contribution is 2.42. The Morgan fingerprint density at radius 2 is 1.20 bits per heavy atom. The summed E-state index contributed by atoms with van der Waals surface area (Å²) >= 11 is 0. The van der Waals surface area contributed by atoms with Crippen molar-refractivity contribution in [1.29, 1.82) is 0 Å². The van der Waals surface area contributed by atoms with Gasteiger partial charge in [-0.05, 0) is 70.3 Å². The number of aromatic nitrogens is 2. The highest BCUT2D eigenvalue weighted by Gasteiger charge is 2.40. The summed E-state index contributed by atoms with van der Waals surface area (Å²) in [7, 11) is 0. The van der Waals surface area contributed by atoms with E-state index in [1.807, 2.05) is 115 Å². The molecule has 234 valence electrons. The van der Waals surface area contributed by atoms with Gasteiger partial charge in [0.1, 0.15) is 0 Å². The average Bonchev–Trinajstić information content (AvgIpc) is 3.65. The zero-order chi connectivity index (χ0) is 33.8. The van der Waals surface area contributed by atoms with Gasteiger partial charge in [0.15, 0.2) is 0 Å². The maximum atomic E-state index is 14.7. The maximum Gasteiger partial charge on any atom is 0.268 e. The molecule has 2 amide bonds. The van der Waals surface area contributed by atoms with Gasteiger partial charge >= 0.3 is 0 Å². The fraction of sp³-hybridized carbons (Fsp3) is 0. The number of carbonyl (C=O) groups excluding carboxylic acids is 2. The Kier molecular flexibility index (Phi) is 6.72. The van der Waals surface area contributed by atoms with Crippen LogP contribution in [0.4, 0.5) is 11.4 Å². The fourth-order valence-electron chi connectivity index (χ4n) is 7.12. The van der Waals surface area contributed by atoms with Crippen molar-refractivity contribution < 1.29 is 9.59 Å². The van der Waals surface area contributed by atoms with Crippen molar-refractivity contribution in [2.45, 2.75) is 0 Å². The van der Waals surface area contributed by atoms with E-state index in [-0.39, 0.29) is 11.8 Å². The van der Waals surface area contributed by atoms with Crippen LogP contribution >= 0.6 is 0 Å². The largest absolute Gasteiger partial charge is 0.308 e. The highest BCUT2D eigenvalue weighted by molar-refractivity contribution is 6.36. The third kappa shape index (κ3) is 4.53. The topological polar surface area (TPSA) is 59.6 Å². The number of nitrogens with zero attached hydrogens (tertiary/aromatic N) is 4. The average molecular weight is 643 g/mol. The molecule has 1 aliphatic rings. The molecular weight excluding hydrogens is 617 g/mol. The Balaban J connectivity index is 1.24. The number of para-hydroxylation sites is 1. The molecule has 3 heterocycles. The van der Waals surface area contributed by atoms with Gasteiger partial charge in [0.2, 0.25) is 5.69 Å². The van der Waals surface area contributed by atoms with Crippen molar-refractivity contribution in [2.75, 3.05) is 4.90 Å². The number of hydrogen-bond acceptors (Lipinski definition) is 3. The summed E-state index contributed by atoms with van der Waals surface area (Å²) in [6.45, 7) is 7.47. The van der Waals surface area contributed by atoms with Crippen molar-refractivity contribution in [3.05, 3.63) is 181 Å². The Bertz CT molecular complexity index is 2710. The standard InChI is InChI=1S/C44H26N4O2/c1-45-33-23-32(26-46-27-33)31-19-21-35-34-15-8-9-17-38(34)47(41(35)25-31)40-18-10-16-36-42(40)44(50)48(43(36)49)39-22-20-30(28-11-4-2-5-12-28)24-37(39)29-13-6-3-7-14-29/h2-27H. The Hall–Kier alpha value is -7.10. The van der Waals surface area contributed by atoms with Gasteiger partial charge in [0.05, 0.1) is 40.1 Å². The molecule has 0 saturated heterocycles. The van der Waals surface area contributed by atoms with Gasteiger partial charge in [-0.1, -0.05) is 103 Å². The number of fused-ring (bicyclic) bond motifs is 4. The van der Waals surface area contributed by atoms with E-state index in [1.165, 1.54) is 4.90 Å². The Labute approximate surface area is 287 Å². The summed E-state index contributed by atoms with van der Waals surface area (Å²) in [6, 6.07) is 47.4. The van der Waals surface area contributed by atoms with E-state index in [2.05, 4.69) is 38.7 Å². The second kappa shape index (κ2) is 11.6. The molecule has 0 spiro atoms. The third-order valence-corrected chi connectivity index (χ3v) is 9.42. The summed E-state index contributed by atoms with van der Waals surface area (Å²) < 4.78 is 2.07. The number of amides is 2. The van der Waals surface area contributed by atoms with Crippen LogP contribution in [0.25, 0.3) is 65.7 Å². The molecule has 6 aromatic carbocycles. The quantitative estimate of drug-likeness (QED) is 0.139. The first-order valence-electron chi connectivity index (χ1n) is 16.2. The van der Waals surface area contributed by atoms with Gasteiger partial charge in [-0.25, -0.2) is 9.74 Å². The lowest BCUT2D eigenvalue weighted by Crippen LogP contribution is -2.30. The van der Waals surface area contributed by atoms with Gasteiger partial charge in [-0.15, -0.1) is 0 Å². The molecular formula is C44H26N4O2. The summed E-state index contributed by atoms with van der Waals surface area (Å²) in [5.41, 5.74) is 9.56. The van der Waals surface area contributed by atoms with Crippen molar-refractivity contribution >= 4 is 45.0 Å². The van der Waals surface area contributed by atoms with Gasteiger partial charge in [0, 0.05) is 28.7 Å². The second-order valence-electron chi connectivity index (χ2n) is 12.2. The highest BCUT2D eigenvalue weighted by atomic mass is 16.2. The molecule has 0 unspecified atom stereocenters. The van der Waals surface area contributed by atoms with E-state index >= 15 is 0 Å². The van der Waals surface area contributed by atoms with Crippen LogP contribution in [0.5, 0.6) is 0 Å². The molecule has 0 atom stereocenters. The molecule has 0 fully saturated rings. The lowest BCUT2D eigenvalue weighted by molar-refractivity contribution is 0.0926. The number of anilines is 1. The van der Waals surface area contributed by atoms with Crippen LogP contribution in [0.1, 0.15) is 20.7 Å². The molecule has 0 saturated carbocycles. The monoisotopic (exact) mass is 642 g/mol. The third-order valence-electron chi connectivity index (χ3n) is 9.42. The second-order valence-corrected chi connectivity index (χ2v) is 12.2. The number of hydrogen-bond donors (Lipinski definition) is 0. The van der Waals surface area contributed by atoms with Crippen LogP contribution in [-0.4, -0.2) is 21.4 Å². The zero-order valence-corrected chi connectivity index (χ0v) is 26.6. The number of rotatable bonds is 5. The number of benzene rings is 6. The first-order valence-corrected chi connectivity index (χ1v) is 16.2. The van der Waals surface area contributed by atoms with Gasteiger partial charge in [-0.3, -0.25) is 14.6 Å². The molecule has 6 heteroatoms. The Morgan fingerprint density at radius 1 is 0.500 bits per heavy atom. The van der Waals surface area contributed by atoms with Crippen molar-refractivity contribution in [3.8, 4) is 39.1 Å². The van der Waals surface area contributed by atoms with Crippen molar-refractivity contribution in [3.63, 3.8) is 0 Å². The van der Waals surface area contributed by atoms with E-state index in [1.54, 1.807) is 18.5 Å². The van der Waals surface area contributed by atoms with E-state index in [9.17, 15) is 9.59 Å². The molecule has 0 aliphatic carbocycles. The molecule has 8 aromatic rings. The summed E-state index contributed by atoms with van der Waals surface area (Å²) in [5, 5.41) is 2.03. The first-order chi connectivity index (χ1) is 24.6. The van der Waals surface area contributed by atoms with Gasteiger partial charge < -0.3 is 4.57 Å². The minimum atomic E-state index is -0.374. The van der Waals surface area contributed by atoms with Crippen LogP contribution in [0.2, 0.25) is 0 Å². The van der Waals surface area contributed by atoms with E-state index in [4.69, 9.17) is 6.57 Å². The SMILES string of the molecule is [C-]#[N+]c1cncc(-c2ccc3c4ccccc4n(-c4cccc5c4C(=O)N(c4ccc(-c6ccccc6)cc4-c4ccccc4)C5=O)c3c2)c1. The molecule has 0 bridgehead atoms. The number of pyridine rings is 1. The lowest BCUT2D eigenvalue weighted by Gasteiger charge is -2.20. The summed E-state index contributed by atoms with van der Waals surface area (Å²) in [4.78, 5) is 38.3. The van der Waals surface area contributed by atoms with Gasteiger partial charge in [0.25, 0.3) is 11.8 Å². The smallest absolute Gasteiger partial charge is 0.268 e. The van der Waals surface area contributed by atoms with Crippen LogP contribution < -0.4 is 4.90 Å². The molecule has 0 radical (unpaired) electrons. The Morgan fingerprint density at radius 3 is 2.00 bits per heavy atom. The number of imide groups is 1. The zero-order valence-electron chi connectivity index (χ0n) is 26.6. The molecule has 9 rings (SSSR count). The van der Waals surface area contributed by atoms with E-state index in [0.717, 1.165) is 55.2 Å². The number of carbonyl (C=O) groups is 2. The minimum absolute atomic E-state index is 0.355. The van der Waals surface area contributed by atoms with Crippen LogP contribution in [-0.2, 0) is 0 Å². The fourth-order valence-corrected chi connectivity index (χ4v) is 7.12. The maximum absolute atomic E-state index is 14.7. The molecule has 0 N–H and O–H groups in total.